The van der Waals surface area contributed by atoms with E-state index in [9.17, 15) is 14.7 Å². The van der Waals surface area contributed by atoms with Crippen LogP contribution in [0.1, 0.15) is 98.4 Å². The van der Waals surface area contributed by atoms with Crippen molar-refractivity contribution in [1.82, 2.24) is 19.6 Å². The Kier molecular flexibility index (Phi) is 7.53. The van der Waals surface area contributed by atoms with Crippen LogP contribution in [0.4, 0.5) is 9.59 Å². The summed E-state index contributed by atoms with van der Waals surface area (Å²) in [5.41, 5.74) is 0.996. The van der Waals surface area contributed by atoms with E-state index in [0.29, 0.717) is 45.3 Å². The number of hydrogen-bond donors (Lipinski definition) is 1. The molecule has 2 fully saturated rings. The zero-order valence-electron chi connectivity index (χ0n) is 26.3. The predicted molar refractivity (Wildman–Crippen MR) is 158 cm³/mol. The summed E-state index contributed by atoms with van der Waals surface area (Å²) in [5.74, 6) is 0.755. The largest absolute Gasteiger partial charge is 0.482 e. The lowest BCUT2D eigenvalue weighted by atomic mass is 9.79. The van der Waals surface area contributed by atoms with Gasteiger partial charge in [-0.05, 0) is 80.4 Å². The Morgan fingerprint density at radius 3 is 2.21 bits per heavy atom. The van der Waals surface area contributed by atoms with Crippen molar-refractivity contribution in [2.75, 3.05) is 19.6 Å². The van der Waals surface area contributed by atoms with Gasteiger partial charge in [0, 0.05) is 49.1 Å². The standard InChI is InChI=1S/C32H46N4O6/c1-29(2,3)41-27(38)34-17-14-32(15-18-34)25-23(20-37)36(33-26(25)22-11-9-10-12-24(22)40-32)21-13-16-35(31(7,8)19-21)28(39)42-30(4,5)6/h9-12,21,37H,13-20H2,1-8H3. The van der Waals surface area contributed by atoms with Crippen molar-refractivity contribution in [1.29, 1.82) is 0 Å². The van der Waals surface area contributed by atoms with E-state index in [4.69, 9.17) is 19.3 Å². The molecule has 1 aromatic heterocycles. The fraction of sp³-hybridized carbons (Fsp3) is 0.656. The van der Waals surface area contributed by atoms with Gasteiger partial charge in [0.1, 0.15) is 28.2 Å². The molecule has 42 heavy (non-hydrogen) atoms. The van der Waals surface area contributed by atoms with Crippen molar-refractivity contribution < 1.29 is 28.9 Å². The van der Waals surface area contributed by atoms with Gasteiger partial charge in [-0.3, -0.25) is 4.68 Å². The number of amides is 2. The summed E-state index contributed by atoms with van der Waals surface area (Å²) in [6.45, 7) is 16.6. The molecule has 3 aliphatic rings. The summed E-state index contributed by atoms with van der Waals surface area (Å²) in [4.78, 5) is 29.4. The summed E-state index contributed by atoms with van der Waals surface area (Å²) in [6.07, 6.45) is 1.79. The molecule has 0 bridgehead atoms. The number of hydrogen-bond acceptors (Lipinski definition) is 7. The van der Waals surface area contributed by atoms with E-state index in [1.165, 1.54) is 0 Å². The SMILES string of the molecule is CC(C)(C)OC(=O)N1CCC2(CC1)Oc1ccccc1-c1nn(C3CCN(C(=O)OC(C)(C)C)C(C)(C)C3)c(CO)c12. The van der Waals surface area contributed by atoms with Crippen molar-refractivity contribution in [2.45, 2.75) is 116 Å². The maximum absolute atomic E-state index is 13.0. The van der Waals surface area contributed by atoms with Crippen LogP contribution in [0.15, 0.2) is 24.3 Å². The summed E-state index contributed by atoms with van der Waals surface area (Å²) in [6, 6.07) is 7.85. The number of aliphatic hydroxyl groups excluding tert-OH is 1. The van der Waals surface area contributed by atoms with Gasteiger partial charge in [0.05, 0.1) is 18.3 Å². The van der Waals surface area contributed by atoms with Gasteiger partial charge in [-0.1, -0.05) is 12.1 Å². The first-order valence-electron chi connectivity index (χ1n) is 15.0. The third-order valence-electron chi connectivity index (χ3n) is 8.40. The van der Waals surface area contributed by atoms with Crippen LogP contribution in [0.25, 0.3) is 11.3 Å². The van der Waals surface area contributed by atoms with Gasteiger partial charge >= 0.3 is 12.2 Å². The van der Waals surface area contributed by atoms with Gasteiger partial charge < -0.3 is 29.1 Å². The molecule has 1 aromatic carbocycles. The summed E-state index contributed by atoms with van der Waals surface area (Å²) >= 11 is 0. The Morgan fingerprint density at radius 2 is 1.62 bits per heavy atom. The quantitative estimate of drug-likeness (QED) is 0.462. The number of aromatic nitrogens is 2. The highest BCUT2D eigenvalue weighted by molar-refractivity contribution is 5.75. The minimum Gasteiger partial charge on any atom is -0.482 e. The van der Waals surface area contributed by atoms with Gasteiger partial charge in [0.15, 0.2) is 0 Å². The maximum atomic E-state index is 13.0. The normalized spacial score (nSPS) is 21.3. The molecule has 1 N–H and O–H groups in total. The number of benzene rings is 1. The Morgan fingerprint density at radius 1 is 1.00 bits per heavy atom. The molecule has 1 spiro atoms. The van der Waals surface area contributed by atoms with Crippen molar-refractivity contribution in [3.8, 4) is 17.0 Å². The van der Waals surface area contributed by atoms with E-state index in [1.54, 1.807) is 4.90 Å². The van der Waals surface area contributed by atoms with E-state index >= 15 is 0 Å². The third kappa shape index (κ3) is 5.70. The van der Waals surface area contributed by atoms with Crippen LogP contribution in [0.2, 0.25) is 0 Å². The van der Waals surface area contributed by atoms with Crippen LogP contribution in [-0.4, -0.2) is 73.2 Å². The highest BCUT2D eigenvalue weighted by atomic mass is 16.6. The van der Waals surface area contributed by atoms with E-state index in [0.717, 1.165) is 28.3 Å². The van der Waals surface area contributed by atoms with Crippen molar-refractivity contribution in [3.63, 3.8) is 0 Å². The first-order chi connectivity index (χ1) is 19.5. The van der Waals surface area contributed by atoms with E-state index in [2.05, 4.69) is 13.8 Å². The van der Waals surface area contributed by atoms with Crippen LogP contribution >= 0.6 is 0 Å². The average molecular weight is 583 g/mol. The van der Waals surface area contributed by atoms with Crippen LogP contribution < -0.4 is 4.74 Å². The summed E-state index contributed by atoms with van der Waals surface area (Å²) < 4.78 is 20.1. The molecule has 10 nitrogen and oxygen atoms in total. The topological polar surface area (TPSA) is 106 Å². The van der Waals surface area contributed by atoms with Crippen LogP contribution in [0.5, 0.6) is 5.75 Å². The van der Waals surface area contributed by atoms with Gasteiger partial charge in [0.2, 0.25) is 0 Å². The maximum Gasteiger partial charge on any atom is 0.410 e. The number of fused-ring (bicyclic) bond motifs is 4. The molecule has 0 radical (unpaired) electrons. The Bertz CT molecular complexity index is 1340. The predicted octanol–water partition coefficient (Wildman–Crippen LogP) is 6.01. The number of likely N-dealkylation sites (tertiary alicyclic amines) is 2. The zero-order chi connectivity index (χ0) is 30.7. The number of para-hydroxylation sites is 1. The van der Waals surface area contributed by atoms with Crippen molar-refractivity contribution in [2.24, 2.45) is 0 Å². The molecule has 10 heteroatoms. The highest BCUT2D eigenvalue weighted by Crippen LogP contribution is 2.51. The second kappa shape index (κ2) is 10.5. The van der Waals surface area contributed by atoms with Gasteiger partial charge in [0.25, 0.3) is 0 Å². The molecule has 2 amide bonds. The molecule has 230 valence electrons. The van der Waals surface area contributed by atoms with E-state index in [1.807, 2.05) is 75.4 Å². The van der Waals surface area contributed by atoms with Gasteiger partial charge in [-0.15, -0.1) is 0 Å². The lowest BCUT2D eigenvalue weighted by Crippen LogP contribution is -2.54. The third-order valence-corrected chi connectivity index (χ3v) is 8.40. The molecule has 5 rings (SSSR count). The number of nitrogens with zero attached hydrogens (tertiary/aromatic N) is 4. The molecular formula is C32H46N4O6. The Hall–Kier alpha value is -3.27. The van der Waals surface area contributed by atoms with Gasteiger partial charge in [-0.2, -0.15) is 5.10 Å². The number of carbonyl (C=O) groups is 2. The monoisotopic (exact) mass is 582 g/mol. The van der Waals surface area contributed by atoms with Crippen molar-refractivity contribution >= 4 is 12.2 Å². The Balaban J connectivity index is 1.48. The van der Waals surface area contributed by atoms with Gasteiger partial charge in [-0.25, -0.2) is 9.59 Å². The van der Waals surface area contributed by atoms with E-state index < -0.39 is 22.3 Å². The fourth-order valence-corrected chi connectivity index (χ4v) is 6.57. The van der Waals surface area contributed by atoms with E-state index in [-0.39, 0.29) is 24.8 Å². The molecular weight excluding hydrogens is 536 g/mol. The second-order valence-corrected chi connectivity index (χ2v) is 14.4. The van der Waals surface area contributed by atoms with Crippen LogP contribution in [0, 0.1) is 0 Å². The zero-order valence-corrected chi connectivity index (χ0v) is 26.3. The summed E-state index contributed by atoms with van der Waals surface area (Å²) in [7, 11) is 0. The number of carbonyl (C=O) groups excluding carboxylic acids is 2. The molecule has 2 aromatic rings. The second-order valence-electron chi connectivity index (χ2n) is 14.4. The number of rotatable bonds is 2. The molecule has 4 heterocycles. The van der Waals surface area contributed by atoms with Crippen LogP contribution in [-0.2, 0) is 21.7 Å². The first-order valence-corrected chi connectivity index (χ1v) is 15.0. The molecule has 3 aliphatic heterocycles. The number of piperidine rings is 2. The first kappa shape index (κ1) is 30.2. The van der Waals surface area contributed by atoms with Crippen molar-refractivity contribution in [3.05, 3.63) is 35.5 Å². The number of ether oxygens (including phenoxy) is 3. The van der Waals surface area contributed by atoms with Crippen LogP contribution in [0.3, 0.4) is 0 Å². The molecule has 1 atom stereocenters. The minimum atomic E-state index is -0.731. The minimum absolute atomic E-state index is 0.0301. The molecule has 1 unspecified atom stereocenters. The summed E-state index contributed by atoms with van der Waals surface area (Å²) in [5, 5.41) is 16.0. The highest BCUT2D eigenvalue weighted by Gasteiger charge is 2.49. The molecule has 0 saturated carbocycles. The average Bonchev–Trinajstić information content (AvgIpc) is 3.27. The lowest BCUT2D eigenvalue weighted by Gasteiger charge is -2.46. The number of aliphatic hydroxyl groups is 1. The molecule has 2 saturated heterocycles. The molecule has 0 aliphatic carbocycles. The Labute approximate surface area is 248 Å². The lowest BCUT2D eigenvalue weighted by molar-refractivity contribution is -0.0227. The fourth-order valence-electron chi connectivity index (χ4n) is 6.57. The smallest absolute Gasteiger partial charge is 0.410 e.